The summed E-state index contributed by atoms with van der Waals surface area (Å²) in [5.41, 5.74) is 0.900. The number of carbonyl (C=O) groups excluding carboxylic acids is 1. The highest BCUT2D eigenvalue weighted by molar-refractivity contribution is 6.42. The topological polar surface area (TPSA) is 23.6 Å². The Morgan fingerprint density at radius 1 is 1.08 bits per heavy atom. The maximum Gasteiger partial charge on any atom is 0.134 e. The number of nitrogens with zero attached hydrogens (tertiary/aromatic N) is 2. The van der Waals surface area contributed by atoms with Gasteiger partial charge in [-0.15, -0.1) is 0 Å². The van der Waals surface area contributed by atoms with Crippen molar-refractivity contribution in [2.24, 2.45) is 0 Å². The number of carbonyl (C=O) groups is 1. The quantitative estimate of drug-likeness (QED) is 0.759. The van der Waals surface area contributed by atoms with E-state index in [1.165, 1.54) is 26.2 Å². The molecule has 0 amide bonds. The average molecular weight is 375 g/mol. The van der Waals surface area contributed by atoms with E-state index in [0.29, 0.717) is 16.5 Å². The number of ketones is 1. The number of hydrogen-bond donors (Lipinski definition) is 0. The molecule has 0 bridgehead atoms. The highest BCUT2D eigenvalue weighted by Gasteiger charge is 2.15. The molecule has 1 aliphatic heterocycles. The number of likely N-dealkylation sites (N-methyl/N-ethyl adjacent to an activating group) is 1. The molecule has 0 aliphatic carbocycles. The minimum absolute atomic E-state index is 0.119. The third kappa shape index (κ3) is 9.63. The molecule has 1 aromatic rings. The van der Waals surface area contributed by atoms with Crippen molar-refractivity contribution >= 4 is 29.0 Å². The molecule has 0 N–H and O–H groups in total. The van der Waals surface area contributed by atoms with Crippen molar-refractivity contribution in [1.82, 2.24) is 9.80 Å². The highest BCUT2D eigenvalue weighted by Crippen LogP contribution is 2.22. The van der Waals surface area contributed by atoms with E-state index in [4.69, 9.17) is 23.2 Å². The van der Waals surface area contributed by atoms with Crippen molar-refractivity contribution in [3.8, 4) is 0 Å². The molecule has 0 unspecified atom stereocenters. The van der Waals surface area contributed by atoms with Crippen LogP contribution in [0.5, 0.6) is 0 Å². The van der Waals surface area contributed by atoms with E-state index in [-0.39, 0.29) is 5.78 Å². The third-order valence-corrected chi connectivity index (χ3v) is 4.44. The fourth-order valence-electron chi connectivity index (χ4n) is 2.28. The molecule has 0 spiro atoms. The Balaban J connectivity index is 0.000000405. The number of piperazine rings is 1. The smallest absolute Gasteiger partial charge is 0.134 e. The summed E-state index contributed by atoms with van der Waals surface area (Å²) in [5.74, 6) is 0.119. The molecule has 0 radical (unpaired) electrons. The van der Waals surface area contributed by atoms with Gasteiger partial charge in [0, 0.05) is 38.6 Å². The summed E-state index contributed by atoms with van der Waals surface area (Å²) in [6, 6.07) is 5.94. The third-order valence-electron chi connectivity index (χ3n) is 3.71. The van der Waals surface area contributed by atoms with E-state index >= 15 is 0 Å². The van der Waals surface area contributed by atoms with Gasteiger partial charge in [0.1, 0.15) is 5.78 Å². The van der Waals surface area contributed by atoms with Crippen LogP contribution in [0.15, 0.2) is 18.2 Å². The summed E-state index contributed by atoms with van der Waals surface area (Å²) in [7, 11) is 2.19. The average Bonchev–Trinajstić information content (AvgIpc) is 2.53. The van der Waals surface area contributed by atoms with Crippen LogP contribution in [0.2, 0.25) is 10.0 Å². The van der Waals surface area contributed by atoms with Gasteiger partial charge in [-0.05, 0) is 45.5 Å². The first-order valence-electron chi connectivity index (χ1n) is 8.65. The second-order valence-corrected chi connectivity index (χ2v) is 6.87. The van der Waals surface area contributed by atoms with Crippen LogP contribution in [0, 0.1) is 0 Å². The van der Waals surface area contributed by atoms with Crippen LogP contribution in [0.4, 0.5) is 0 Å². The van der Waals surface area contributed by atoms with E-state index in [0.717, 1.165) is 11.6 Å². The maximum atomic E-state index is 10.7. The lowest BCUT2D eigenvalue weighted by Crippen LogP contribution is -2.47. The van der Waals surface area contributed by atoms with E-state index in [1.807, 2.05) is 13.8 Å². The molecule has 0 atom stereocenters. The second kappa shape index (κ2) is 12.7. The summed E-state index contributed by atoms with van der Waals surface area (Å²) in [5, 5.41) is 1.01. The predicted molar refractivity (Wildman–Crippen MR) is 106 cm³/mol. The van der Waals surface area contributed by atoms with Gasteiger partial charge in [-0.3, -0.25) is 9.69 Å². The predicted octanol–water partition coefficient (Wildman–Crippen LogP) is 4.79. The van der Waals surface area contributed by atoms with Gasteiger partial charge < -0.3 is 4.90 Å². The normalized spacial score (nSPS) is 15.2. The van der Waals surface area contributed by atoms with Crippen molar-refractivity contribution in [1.29, 1.82) is 0 Å². The number of Topliss-reactive ketones (excluding diaryl/α,β-unsaturated/α-hetero) is 1. The molecule has 24 heavy (non-hydrogen) atoms. The number of rotatable bonds is 3. The molecule has 1 aromatic carbocycles. The van der Waals surface area contributed by atoms with Crippen LogP contribution in [0.1, 0.15) is 40.2 Å². The Bertz CT molecular complexity index is 484. The Hall–Kier alpha value is -0.610. The largest absolute Gasteiger partial charge is 0.304 e. The van der Waals surface area contributed by atoms with Crippen molar-refractivity contribution in [3.63, 3.8) is 0 Å². The van der Waals surface area contributed by atoms with Crippen LogP contribution in [-0.2, 0) is 11.2 Å². The summed E-state index contributed by atoms with van der Waals surface area (Å²) in [4.78, 5) is 15.6. The SMILES string of the molecule is CC.CC(=O)Cc1ccc(Cl)c(Cl)c1.CC(C)N1CCN(C)CC1. The first-order valence-corrected chi connectivity index (χ1v) is 9.41. The number of hydrogen-bond acceptors (Lipinski definition) is 3. The van der Waals surface area contributed by atoms with Gasteiger partial charge in [-0.1, -0.05) is 43.1 Å². The van der Waals surface area contributed by atoms with Gasteiger partial charge in [0.25, 0.3) is 0 Å². The van der Waals surface area contributed by atoms with Crippen molar-refractivity contribution < 1.29 is 4.79 Å². The number of benzene rings is 1. The Morgan fingerprint density at radius 3 is 2.04 bits per heavy atom. The lowest BCUT2D eigenvalue weighted by atomic mass is 10.1. The molecule has 0 saturated carbocycles. The first kappa shape index (κ1) is 23.4. The molecule has 1 heterocycles. The minimum atomic E-state index is 0.119. The van der Waals surface area contributed by atoms with Crippen molar-refractivity contribution in [2.45, 2.75) is 47.1 Å². The van der Waals surface area contributed by atoms with Gasteiger partial charge in [0.2, 0.25) is 0 Å². The number of halogens is 2. The van der Waals surface area contributed by atoms with Crippen LogP contribution in [0.25, 0.3) is 0 Å². The molecule has 1 aliphatic rings. The van der Waals surface area contributed by atoms with E-state index in [1.54, 1.807) is 25.1 Å². The minimum Gasteiger partial charge on any atom is -0.304 e. The van der Waals surface area contributed by atoms with Gasteiger partial charge in [0.15, 0.2) is 0 Å². The molecule has 3 nitrogen and oxygen atoms in total. The van der Waals surface area contributed by atoms with Gasteiger partial charge in [-0.25, -0.2) is 0 Å². The highest BCUT2D eigenvalue weighted by atomic mass is 35.5. The van der Waals surface area contributed by atoms with Crippen LogP contribution >= 0.6 is 23.2 Å². The first-order chi connectivity index (χ1) is 11.3. The molecule has 138 valence electrons. The molecule has 0 aromatic heterocycles. The van der Waals surface area contributed by atoms with Crippen LogP contribution < -0.4 is 0 Å². The van der Waals surface area contributed by atoms with Gasteiger partial charge in [-0.2, -0.15) is 0 Å². The van der Waals surface area contributed by atoms with E-state index in [2.05, 4.69) is 30.7 Å². The zero-order valence-electron chi connectivity index (χ0n) is 15.9. The van der Waals surface area contributed by atoms with Gasteiger partial charge >= 0.3 is 0 Å². The summed E-state index contributed by atoms with van der Waals surface area (Å²) in [6.45, 7) is 15.0. The van der Waals surface area contributed by atoms with E-state index < -0.39 is 0 Å². The Labute approximate surface area is 157 Å². The molecule has 2 rings (SSSR count). The monoisotopic (exact) mass is 374 g/mol. The standard InChI is InChI=1S/C9H8Cl2O.C8H18N2.C2H6/c1-6(12)4-7-2-3-8(10)9(11)5-7;1-8(2)10-6-4-9(3)5-7-10;1-2/h2-3,5H,4H2,1H3;8H,4-7H2,1-3H3;1-2H3. The summed E-state index contributed by atoms with van der Waals surface area (Å²) < 4.78 is 0. The molecular formula is C19H32Cl2N2O. The molecule has 1 fully saturated rings. The molecular weight excluding hydrogens is 343 g/mol. The summed E-state index contributed by atoms with van der Waals surface area (Å²) in [6.07, 6.45) is 0.414. The fraction of sp³-hybridized carbons (Fsp3) is 0.632. The van der Waals surface area contributed by atoms with Crippen LogP contribution in [0.3, 0.4) is 0 Å². The van der Waals surface area contributed by atoms with Crippen LogP contribution in [-0.4, -0.2) is 54.9 Å². The molecule has 5 heteroatoms. The Morgan fingerprint density at radius 2 is 1.62 bits per heavy atom. The maximum absolute atomic E-state index is 10.7. The zero-order chi connectivity index (χ0) is 18.7. The lowest BCUT2D eigenvalue weighted by Gasteiger charge is -2.34. The van der Waals surface area contributed by atoms with Crippen molar-refractivity contribution in [3.05, 3.63) is 33.8 Å². The fourth-order valence-corrected chi connectivity index (χ4v) is 2.60. The van der Waals surface area contributed by atoms with Crippen molar-refractivity contribution in [2.75, 3.05) is 33.2 Å². The van der Waals surface area contributed by atoms with E-state index in [9.17, 15) is 4.79 Å². The Kier molecular flexibility index (Phi) is 12.4. The lowest BCUT2D eigenvalue weighted by molar-refractivity contribution is -0.116. The summed E-state index contributed by atoms with van der Waals surface area (Å²) >= 11 is 11.5. The second-order valence-electron chi connectivity index (χ2n) is 6.06. The zero-order valence-corrected chi connectivity index (χ0v) is 17.4. The molecule has 1 saturated heterocycles. The van der Waals surface area contributed by atoms with Gasteiger partial charge in [0.05, 0.1) is 10.0 Å².